The molecule has 1 N–H and O–H groups in total. The van der Waals surface area contributed by atoms with Crippen LogP contribution in [0.4, 0.5) is 11.4 Å². The highest BCUT2D eigenvalue weighted by Crippen LogP contribution is 2.26. The number of rotatable bonds is 5. The second kappa shape index (κ2) is 6.53. The molecular weight excluding hydrogens is 246 g/mol. The predicted octanol–water partition coefficient (Wildman–Crippen LogP) is 3.66. The SMILES string of the molecule is Cc1ccccc1N(C)c1ccnc(CNC(C)C)c1. The van der Waals surface area contributed by atoms with E-state index < -0.39 is 0 Å². The summed E-state index contributed by atoms with van der Waals surface area (Å²) >= 11 is 0. The van der Waals surface area contributed by atoms with Crippen molar-refractivity contribution in [3.63, 3.8) is 0 Å². The first kappa shape index (κ1) is 14.5. The van der Waals surface area contributed by atoms with Gasteiger partial charge in [0.15, 0.2) is 0 Å². The van der Waals surface area contributed by atoms with Crippen LogP contribution >= 0.6 is 0 Å². The first-order valence-corrected chi connectivity index (χ1v) is 7.05. The van der Waals surface area contributed by atoms with Crippen LogP contribution < -0.4 is 10.2 Å². The van der Waals surface area contributed by atoms with E-state index in [1.54, 1.807) is 0 Å². The van der Waals surface area contributed by atoms with Gasteiger partial charge in [0, 0.05) is 37.2 Å². The van der Waals surface area contributed by atoms with Gasteiger partial charge in [0.2, 0.25) is 0 Å². The standard InChI is InChI=1S/C17H23N3/c1-13(2)19-12-15-11-16(9-10-18-15)20(4)17-8-6-5-7-14(17)3/h5-11,13,19H,12H2,1-4H3. The number of hydrogen-bond donors (Lipinski definition) is 1. The van der Waals surface area contributed by atoms with Crippen molar-refractivity contribution in [1.29, 1.82) is 0 Å². The van der Waals surface area contributed by atoms with Crippen LogP contribution in [0.5, 0.6) is 0 Å². The molecule has 0 fully saturated rings. The number of anilines is 2. The summed E-state index contributed by atoms with van der Waals surface area (Å²) in [5.74, 6) is 0. The van der Waals surface area contributed by atoms with Gasteiger partial charge in [-0.3, -0.25) is 4.98 Å². The van der Waals surface area contributed by atoms with E-state index in [0.717, 1.165) is 17.9 Å². The van der Waals surface area contributed by atoms with E-state index in [4.69, 9.17) is 0 Å². The monoisotopic (exact) mass is 269 g/mol. The second-order valence-corrected chi connectivity index (χ2v) is 5.39. The molecule has 1 heterocycles. The van der Waals surface area contributed by atoms with Gasteiger partial charge in [-0.1, -0.05) is 32.0 Å². The first-order valence-electron chi connectivity index (χ1n) is 7.05. The lowest BCUT2D eigenvalue weighted by Crippen LogP contribution is -2.22. The van der Waals surface area contributed by atoms with Crippen LogP contribution in [0.25, 0.3) is 0 Å². The molecule has 20 heavy (non-hydrogen) atoms. The van der Waals surface area contributed by atoms with E-state index in [9.17, 15) is 0 Å². The van der Waals surface area contributed by atoms with E-state index in [1.165, 1.54) is 11.3 Å². The van der Waals surface area contributed by atoms with Crippen LogP contribution in [0.2, 0.25) is 0 Å². The quantitative estimate of drug-likeness (QED) is 0.898. The van der Waals surface area contributed by atoms with Gasteiger partial charge in [-0.15, -0.1) is 0 Å². The summed E-state index contributed by atoms with van der Waals surface area (Å²) in [6.07, 6.45) is 1.88. The molecule has 0 aliphatic heterocycles. The van der Waals surface area contributed by atoms with E-state index in [-0.39, 0.29) is 0 Å². The molecule has 0 radical (unpaired) electrons. The number of benzene rings is 1. The van der Waals surface area contributed by atoms with Crippen LogP contribution in [0, 0.1) is 6.92 Å². The van der Waals surface area contributed by atoms with E-state index >= 15 is 0 Å². The maximum absolute atomic E-state index is 4.42. The van der Waals surface area contributed by atoms with Crippen molar-refractivity contribution in [2.45, 2.75) is 33.4 Å². The van der Waals surface area contributed by atoms with Gasteiger partial charge in [-0.25, -0.2) is 0 Å². The fraction of sp³-hybridized carbons (Fsp3) is 0.353. The third-order valence-corrected chi connectivity index (χ3v) is 3.36. The van der Waals surface area contributed by atoms with Crippen LogP contribution in [0.1, 0.15) is 25.1 Å². The lowest BCUT2D eigenvalue weighted by molar-refractivity contribution is 0.581. The molecule has 106 valence electrons. The Morgan fingerprint density at radius 1 is 1.20 bits per heavy atom. The zero-order valence-corrected chi connectivity index (χ0v) is 12.7. The van der Waals surface area contributed by atoms with E-state index in [1.807, 2.05) is 12.3 Å². The Morgan fingerprint density at radius 3 is 2.65 bits per heavy atom. The summed E-state index contributed by atoms with van der Waals surface area (Å²) in [6.45, 7) is 7.22. The normalized spacial score (nSPS) is 10.8. The molecule has 0 amide bonds. The number of pyridine rings is 1. The maximum atomic E-state index is 4.42. The fourth-order valence-corrected chi connectivity index (χ4v) is 2.16. The van der Waals surface area contributed by atoms with Crippen molar-refractivity contribution in [2.75, 3.05) is 11.9 Å². The van der Waals surface area contributed by atoms with Crippen LogP contribution in [-0.4, -0.2) is 18.1 Å². The number of nitrogens with zero attached hydrogens (tertiary/aromatic N) is 2. The highest BCUT2D eigenvalue weighted by atomic mass is 15.1. The predicted molar refractivity (Wildman–Crippen MR) is 85.5 cm³/mol. The highest BCUT2D eigenvalue weighted by Gasteiger charge is 2.07. The van der Waals surface area contributed by atoms with Crippen LogP contribution in [0.15, 0.2) is 42.6 Å². The molecule has 0 saturated carbocycles. The number of aryl methyl sites for hydroxylation is 1. The van der Waals surface area contributed by atoms with Gasteiger partial charge in [-0.05, 0) is 30.7 Å². The van der Waals surface area contributed by atoms with Crippen molar-refractivity contribution < 1.29 is 0 Å². The fourth-order valence-electron chi connectivity index (χ4n) is 2.16. The van der Waals surface area contributed by atoms with Gasteiger partial charge < -0.3 is 10.2 Å². The summed E-state index contributed by atoms with van der Waals surface area (Å²) in [6, 6.07) is 13.1. The average Bonchev–Trinajstić information content (AvgIpc) is 2.45. The van der Waals surface area contributed by atoms with Crippen molar-refractivity contribution in [1.82, 2.24) is 10.3 Å². The Labute approximate surface area is 121 Å². The zero-order valence-electron chi connectivity index (χ0n) is 12.7. The molecule has 0 bridgehead atoms. The first-order chi connectivity index (χ1) is 9.58. The summed E-state index contributed by atoms with van der Waals surface area (Å²) < 4.78 is 0. The summed E-state index contributed by atoms with van der Waals surface area (Å²) in [5, 5.41) is 3.40. The Bertz CT molecular complexity index is 564. The Balaban J connectivity index is 2.20. The Hall–Kier alpha value is -1.87. The number of nitrogens with one attached hydrogen (secondary N) is 1. The molecule has 0 unspecified atom stereocenters. The van der Waals surface area contributed by atoms with Crippen LogP contribution in [-0.2, 0) is 6.54 Å². The minimum Gasteiger partial charge on any atom is -0.344 e. The number of para-hydroxylation sites is 1. The third-order valence-electron chi connectivity index (χ3n) is 3.36. The minimum absolute atomic E-state index is 0.467. The molecule has 2 rings (SSSR count). The van der Waals surface area contributed by atoms with Crippen molar-refractivity contribution >= 4 is 11.4 Å². The molecule has 0 saturated heterocycles. The lowest BCUT2D eigenvalue weighted by atomic mass is 10.1. The number of hydrogen-bond acceptors (Lipinski definition) is 3. The average molecular weight is 269 g/mol. The lowest BCUT2D eigenvalue weighted by Gasteiger charge is -2.22. The molecule has 0 aliphatic rings. The van der Waals surface area contributed by atoms with Gasteiger partial charge in [0.05, 0.1) is 5.69 Å². The molecule has 3 heteroatoms. The maximum Gasteiger partial charge on any atom is 0.0562 e. The summed E-state index contributed by atoms with van der Waals surface area (Å²) in [7, 11) is 2.09. The number of aromatic nitrogens is 1. The van der Waals surface area contributed by atoms with Gasteiger partial charge >= 0.3 is 0 Å². The molecule has 0 aliphatic carbocycles. The largest absolute Gasteiger partial charge is 0.344 e. The van der Waals surface area contributed by atoms with E-state index in [2.05, 4.69) is 73.4 Å². The van der Waals surface area contributed by atoms with Crippen molar-refractivity contribution in [3.8, 4) is 0 Å². The zero-order chi connectivity index (χ0) is 14.5. The third kappa shape index (κ3) is 3.58. The Morgan fingerprint density at radius 2 is 1.95 bits per heavy atom. The smallest absolute Gasteiger partial charge is 0.0562 e. The summed E-state index contributed by atoms with van der Waals surface area (Å²) in [4.78, 5) is 6.62. The summed E-state index contributed by atoms with van der Waals surface area (Å²) in [5.41, 5.74) is 4.72. The van der Waals surface area contributed by atoms with Crippen molar-refractivity contribution in [3.05, 3.63) is 53.9 Å². The van der Waals surface area contributed by atoms with E-state index in [0.29, 0.717) is 6.04 Å². The van der Waals surface area contributed by atoms with Gasteiger partial charge in [0.1, 0.15) is 0 Å². The Kier molecular flexibility index (Phi) is 4.74. The molecule has 3 nitrogen and oxygen atoms in total. The van der Waals surface area contributed by atoms with Gasteiger partial charge in [-0.2, -0.15) is 0 Å². The molecule has 0 atom stereocenters. The molecule has 2 aromatic rings. The molecule has 1 aromatic heterocycles. The van der Waals surface area contributed by atoms with Crippen molar-refractivity contribution in [2.24, 2.45) is 0 Å². The molecular formula is C17H23N3. The molecule has 1 aromatic carbocycles. The topological polar surface area (TPSA) is 28.2 Å². The second-order valence-electron chi connectivity index (χ2n) is 5.39. The van der Waals surface area contributed by atoms with Crippen LogP contribution in [0.3, 0.4) is 0 Å². The highest BCUT2D eigenvalue weighted by molar-refractivity contribution is 5.65. The molecule has 0 spiro atoms. The van der Waals surface area contributed by atoms with Gasteiger partial charge in [0.25, 0.3) is 0 Å². The minimum atomic E-state index is 0.467.